The lowest BCUT2D eigenvalue weighted by atomic mass is 9.89. The van der Waals surface area contributed by atoms with E-state index >= 15 is 0 Å². The monoisotopic (exact) mass is 340 g/mol. The highest BCUT2D eigenvalue weighted by molar-refractivity contribution is 5.90. The lowest BCUT2D eigenvalue weighted by Gasteiger charge is -2.20. The van der Waals surface area contributed by atoms with Gasteiger partial charge in [-0.1, -0.05) is 12.8 Å². The van der Waals surface area contributed by atoms with E-state index in [-0.39, 0.29) is 5.56 Å². The molecule has 130 valence electrons. The molecule has 0 atom stereocenters. The summed E-state index contributed by atoms with van der Waals surface area (Å²) < 4.78 is 5.96. The molecule has 5 heteroatoms. The number of aromatic carboxylic acids is 2. The highest BCUT2D eigenvalue weighted by atomic mass is 16.5. The van der Waals surface area contributed by atoms with E-state index in [9.17, 15) is 14.7 Å². The minimum absolute atomic E-state index is 0.198. The fourth-order valence-corrected chi connectivity index (χ4v) is 3.28. The van der Waals surface area contributed by atoms with Crippen molar-refractivity contribution in [2.24, 2.45) is 0 Å². The van der Waals surface area contributed by atoms with Crippen LogP contribution in [0, 0.1) is 0 Å². The number of benzene rings is 2. The Bertz CT molecular complexity index is 792. The van der Waals surface area contributed by atoms with Gasteiger partial charge in [0.1, 0.15) is 11.5 Å². The molecule has 2 N–H and O–H groups in total. The Morgan fingerprint density at radius 2 is 1.40 bits per heavy atom. The number of carboxylic acid groups (broad SMARTS) is 2. The number of rotatable bonds is 4. The standard InChI is InChI=1S/C20H20O5/c21-19(22)13-7-9-14(10-8-13)25-18-12-11-17(20(23)24)15-5-3-1-2-4-6-16(15)18/h7-12H,1-6H2,(H,21,22)(H,23,24). The highest BCUT2D eigenvalue weighted by Gasteiger charge is 2.20. The van der Waals surface area contributed by atoms with Crippen molar-refractivity contribution in [3.8, 4) is 11.5 Å². The summed E-state index contributed by atoms with van der Waals surface area (Å²) in [4.78, 5) is 22.5. The van der Waals surface area contributed by atoms with Crippen molar-refractivity contribution in [3.63, 3.8) is 0 Å². The summed E-state index contributed by atoms with van der Waals surface area (Å²) >= 11 is 0. The molecule has 0 unspecified atom stereocenters. The van der Waals surface area contributed by atoms with Crippen LogP contribution in [0.4, 0.5) is 0 Å². The molecule has 25 heavy (non-hydrogen) atoms. The van der Waals surface area contributed by atoms with E-state index in [4.69, 9.17) is 9.84 Å². The van der Waals surface area contributed by atoms with Crippen LogP contribution in [-0.2, 0) is 12.8 Å². The first kappa shape index (κ1) is 17.0. The van der Waals surface area contributed by atoms with Crippen LogP contribution in [0.3, 0.4) is 0 Å². The predicted molar refractivity (Wildman–Crippen MR) is 92.8 cm³/mol. The fourth-order valence-electron chi connectivity index (χ4n) is 3.28. The molecule has 2 aromatic carbocycles. The molecule has 0 heterocycles. The van der Waals surface area contributed by atoms with E-state index < -0.39 is 11.9 Å². The molecule has 0 saturated carbocycles. The molecular formula is C20H20O5. The first-order chi connectivity index (χ1) is 12.1. The third-order valence-corrected chi connectivity index (χ3v) is 4.55. The molecule has 0 spiro atoms. The van der Waals surface area contributed by atoms with Crippen molar-refractivity contribution in [3.05, 3.63) is 58.7 Å². The van der Waals surface area contributed by atoms with Gasteiger partial charge in [0.05, 0.1) is 11.1 Å². The lowest BCUT2D eigenvalue weighted by Crippen LogP contribution is -2.09. The van der Waals surface area contributed by atoms with E-state index in [1.54, 1.807) is 24.3 Å². The summed E-state index contributed by atoms with van der Waals surface area (Å²) in [6.45, 7) is 0. The zero-order valence-corrected chi connectivity index (χ0v) is 13.8. The van der Waals surface area contributed by atoms with Crippen LogP contribution in [0.25, 0.3) is 0 Å². The van der Waals surface area contributed by atoms with E-state index in [2.05, 4.69) is 0 Å². The summed E-state index contributed by atoms with van der Waals surface area (Å²) in [5, 5.41) is 18.4. The van der Waals surface area contributed by atoms with E-state index in [1.165, 1.54) is 12.1 Å². The fraction of sp³-hybridized carbons (Fsp3) is 0.300. The highest BCUT2D eigenvalue weighted by Crippen LogP contribution is 2.34. The van der Waals surface area contributed by atoms with Crippen molar-refractivity contribution < 1.29 is 24.5 Å². The molecule has 5 nitrogen and oxygen atoms in total. The zero-order chi connectivity index (χ0) is 17.8. The molecule has 0 amide bonds. The minimum Gasteiger partial charge on any atom is -0.478 e. The van der Waals surface area contributed by atoms with Crippen LogP contribution in [-0.4, -0.2) is 22.2 Å². The number of carbonyl (C=O) groups is 2. The molecule has 0 radical (unpaired) electrons. The van der Waals surface area contributed by atoms with Gasteiger partial charge < -0.3 is 14.9 Å². The van der Waals surface area contributed by atoms with Gasteiger partial charge in [-0.05, 0) is 73.2 Å². The first-order valence-corrected chi connectivity index (χ1v) is 8.45. The molecule has 0 saturated heterocycles. The average molecular weight is 340 g/mol. The molecule has 0 bridgehead atoms. The Morgan fingerprint density at radius 3 is 2.00 bits per heavy atom. The second-order valence-corrected chi connectivity index (χ2v) is 6.22. The molecule has 0 aliphatic heterocycles. The van der Waals surface area contributed by atoms with Crippen molar-refractivity contribution in [2.45, 2.75) is 38.5 Å². The first-order valence-electron chi connectivity index (χ1n) is 8.45. The number of hydrogen-bond acceptors (Lipinski definition) is 3. The summed E-state index contributed by atoms with van der Waals surface area (Å²) in [7, 11) is 0. The van der Waals surface area contributed by atoms with Gasteiger partial charge in [0, 0.05) is 0 Å². The number of carboxylic acids is 2. The summed E-state index contributed by atoms with van der Waals surface area (Å²) in [5.74, 6) is -0.695. The third kappa shape index (κ3) is 3.82. The van der Waals surface area contributed by atoms with Crippen LogP contribution in [0.2, 0.25) is 0 Å². The van der Waals surface area contributed by atoms with Gasteiger partial charge in [-0.3, -0.25) is 0 Å². The Hall–Kier alpha value is -2.82. The second kappa shape index (κ2) is 7.38. The van der Waals surface area contributed by atoms with Crippen molar-refractivity contribution in [1.29, 1.82) is 0 Å². The maximum atomic E-state index is 11.5. The van der Waals surface area contributed by atoms with Gasteiger partial charge in [0.25, 0.3) is 0 Å². The zero-order valence-electron chi connectivity index (χ0n) is 13.8. The number of fused-ring (bicyclic) bond motifs is 1. The minimum atomic E-state index is -0.984. The molecule has 3 rings (SSSR count). The predicted octanol–water partition coefficient (Wildman–Crippen LogP) is 4.53. The van der Waals surface area contributed by atoms with Gasteiger partial charge in [0.2, 0.25) is 0 Å². The van der Waals surface area contributed by atoms with E-state index in [0.717, 1.165) is 49.7 Å². The van der Waals surface area contributed by atoms with Crippen LogP contribution in [0.5, 0.6) is 11.5 Å². The van der Waals surface area contributed by atoms with E-state index in [1.807, 2.05) is 0 Å². The molecule has 1 aliphatic carbocycles. The van der Waals surface area contributed by atoms with Crippen LogP contribution in [0.1, 0.15) is 57.5 Å². The molecule has 2 aromatic rings. The topological polar surface area (TPSA) is 83.8 Å². The second-order valence-electron chi connectivity index (χ2n) is 6.22. The third-order valence-electron chi connectivity index (χ3n) is 4.55. The van der Waals surface area contributed by atoms with Gasteiger partial charge in [-0.25, -0.2) is 9.59 Å². The molecule has 0 aromatic heterocycles. The van der Waals surface area contributed by atoms with Gasteiger partial charge >= 0.3 is 11.9 Å². The number of ether oxygens (including phenoxy) is 1. The molecule has 0 fully saturated rings. The van der Waals surface area contributed by atoms with Crippen molar-refractivity contribution >= 4 is 11.9 Å². The Kier molecular flexibility index (Phi) is 5.03. The summed E-state index contributed by atoms with van der Waals surface area (Å²) in [5.41, 5.74) is 2.38. The molecular weight excluding hydrogens is 320 g/mol. The summed E-state index contributed by atoms with van der Waals surface area (Å²) in [6, 6.07) is 9.52. The van der Waals surface area contributed by atoms with Crippen molar-refractivity contribution in [1.82, 2.24) is 0 Å². The largest absolute Gasteiger partial charge is 0.478 e. The quantitative estimate of drug-likeness (QED) is 0.854. The maximum Gasteiger partial charge on any atom is 0.335 e. The van der Waals surface area contributed by atoms with Crippen LogP contribution >= 0.6 is 0 Å². The summed E-state index contributed by atoms with van der Waals surface area (Å²) in [6.07, 6.45) is 5.75. The van der Waals surface area contributed by atoms with Gasteiger partial charge in [-0.15, -0.1) is 0 Å². The Labute approximate surface area is 145 Å². The Balaban J connectivity index is 1.96. The van der Waals surface area contributed by atoms with E-state index in [0.29, 0.717) is 17.1 Å². The SMILES string of the molecule is O=C(O)c1ccc(Oc2ccc(C(=O)O)c3c2CCCCCC3)cc1. The van der Waals surface area contributed by atoms with Crippen molar-refractivity contribution in [2.75, 3.05) is 0 Å². The average Bonchev–Trinajstić information content (AvgIpc) is 2.56. The van der Waals surface area contributed by atoms with Gasteiger partial charge in [0.15, 0.2) is 0 Å². The van der Waals surface area contributed by atoms with Crippen LogP contribution < -0.4 is 4.74 Å². The van der Waals surface area contributed by atoms with Gasteiger partial charge in [-0.2, -0.15) is 0 Å². The maximum absolute atomic E-state index is 11.5. The number of hydrogen-bond donors (Lipinski definition) is 2. The smallest absolute Gasteiger partial charge is 0.335 e. The molecule has 1 aliphatic rings. The van der Waals surface area contributed by atoms with Crippen LogP contribution in [0.15, 0.2) is 36.4 Å². The Morgan fingerprint density at radius 1 is 0.760 bits per heavy atom. The normalized spacial score (nSPS) is 14.1. The lowest BCUT2D eigenvalue weighted by molar-refractivity contribution is 0.0685.